The minimum absolute atomic E-state index is 0.0110. The number of aromatic nitrogens is 1. The molecule has 2 aromatic carbocycles. The summed E-state index contributed by atoms with van der Waals surface area (Å²) in [5, 5.41) is 0. The smallest absolute Gasteiger partial charge is 0.410 e. The molecule has 0 unspecified atom stereocenters. The summed E-state index contributed by atoms with van der Waals surface area (Å²) in [6.45, 7) is 9.09. The van der Waals surface area contributed by atoms with Crippen LogP contribution in [-0.2, 0) is 4.74 Å². The van der Waals surface area contributed by atoms with Crippen LogP contribution in [-0.4, -0.2) is 40.5 Å². The van der Waals surface area contributed by atoms with Gasteiger partial charge in [-0.2, -0.15) is 0 Å². The Morgan fingerprint density at radius 3 is 2.27 bits per heavy atom. The topological polar surface area (TPSA) is 79.5 Å². The Bertz CT molecular complexity index is 1280. The number of benzene rings is 2. The second-order valence-electron chi connectivity index (χ2n) is 10.9. The number of Topliss-reactive ketones (excluding diaryl/α,β-unsaturated/α-hetero) is 1. The second-order valence-corrected chi connectivity index (χ2v) is 10.9. The third-order valence-corrected chi connectivity index (χ3v) is 7.02. The van der Waals surface area contributed by atoms with E-state index in [9.17, 15) is 14.4 Å². The fraction of sp³-hybridized carbons (Fsp3) is 0.387. The maximum absolute atomic E-state index is 13.1. The van der Waals surface area contributed by atoms with Crippen molar-refractivity contribution in [2.24, 2.45) is 0 Å². The predicted octanol–water partition coefficient (Wildman–Crippen LogP) is 6.20. The molecule has 1 atom stereocenters. The number of carbonyl (C=O) groups is 2. The standard InChI is InChI=1S/C31H36N2O4/c1-21-7-5-6-8-26(21)27(19-28(34)25-13-14-29(35)32-20-25)24-11-9-22(10-12-24)23-15-17-33(18-16-23)30(36)37-31(2,3)4/h5-14,20,23,27H,15-19H2,1-4H3,(H,32,35)/t27-/m1/s1. The van der Waals surface area contributed by atoms with Gasteiger partial charge in [-0.05, 0) is 74.8 Å². The summed E-state index contributed by atoms with van der Waals surface area (Å²) in [4.78, 5) is 41.4. The number of aryl methyl sites for hydroxylation is 1. The number of piperidine rings is 1. The van der Waals surface area contributed by atoms with Crippen molar-refractivity contribution >= 4 is 11.9 Å². The van der Waals surface area contributed by atoms with E-state index in [0.717, 1.165) is 29.5 Å². The molecule has 194 valence electrons. The van der Waals surface area contributed by atoms with E-state index < -0.39 is 5.60 Å². The highest BCUT2D eigenvalue weighted by Crippen LogP contribution is 2.34. The monoisotopic (exact) mass is 500 g/mol. The number of rotatable bonds is 6. The van der Waals surface area contributed by atoms with Crippen LogP contribution in [0.15, 0.2) is 71.7 Å². The van der Waals surface area contributed by atoms with Crippen LogP contribution in [0.5, 0.6) is 0 Å². The fourth-order valence-electron chi connectivity index (χ4n) is 4.99. The molecule has 1 aromatic heterocycles. The van der Waals surface area contributed by atoms with E-state index in [1.807, 2.05) is 32.9 Å². The molecule has 1 amide bonds. The summed E-state index contributed by atoms with van der Waals surface area (Å²) in [5.41, 5.74) is 4.39. The van der Waals surface area contributed by atoms with Crippen LogP contribution < -0.4 is 5.56 Å². The molecule has 0 spiro atoms. The molecule has 37 heavy (non-hydrogen) atoms. The largest absolute Gasteiger partial charge is 0.444 e. The first-order chi connectivity index (χ1) is 17.6. The van der Waals surface area contributed by atoms with Gasteiger partial charge in [-0.15, -0.1) is 0 Å². The van der Waals surface area contributed by atoms with Gasteiger partial charge in [0, 0.05) is 43.3 Å². The number of carbonyl (C=O) groups excluding carboxylic acids is 2. The molecular formula is C31H36N2O4. The summed E-state index contributed by atoms with van der Waals surface area (Å²) in [6.07, 6.45) is 3.35. The van der Waals surface area contributed by atoms with Crippen LogP contribution in [0.25, 0.3) is 0 Å². The number of hydrogen-bond acceptors (Lipinski definition) is 4. The van der Waals surface area contributed by atoms with E-state index in [2.05, 4.69) is 48.3 Å². The normalized spacial score (nSPS) is 15.3. The molecular weight excluding hydrogens is 464 g/mol. The quantitative estimate of drug-likeness (QED) is 0.409. The number of hydrogen-bond donors (Lipinski definition) is 1. The lowest BCUT2D eigenvalue weighted by Crippen LogP contribution is -2.41. The molecule has 6 nitrogen and oxygen atoms in total. The van der Waals surface area contributed by atoms with Gasteiger partial charge in [0.15, 0.2) is 5.78 Å². The van der Waals surface area contributed by atoms with Crippen molar-refractivity contribution in [2.45, 2.75) is 64.4 Å². The first kappa shape index (κ1) is 26.4. The molecule has 0 saturated carbocycles. The number of nitrogens with one attached hydrogen (secondary N) is 1. The van der Waals surface area contributed by atoms with E-state index in [4.69, 9.17) is 4.74 Å². The number of amides is 1. The van der Waals surface area contributed by atoms with Crippen molar-refractivity contribution in [1.82, 2.24) is 9.88 Å². The molecule has 0 radical (unpaired) electrons. The summed E-state index contributed by atoms with van der Waals surface area (Å²) >= 11 is 0. The highest BCUT2D eigenvalue weighted by molar-refractivity contribution is 5.96. The van der Waals surface area contributed by atoms with Crippen molar-refractivity contribution in [3.63, 3.8) is 0 Å². The molecule has 1 N–H and O–H groups in total. The summed E-state index contributed by atoms with van der Waals surface area (Å²) < 4.78 is 5.52. The second kappa shape index (κ2) is 11.2. The Labute approximate surface area is 218 Å². The van der Waals surface area contributed by atoms with Gasteiger partial charge in [0.1, 0.15) is 5.60 Å². The maximum Gasteiger partial charge on any atom is 0.410 e. The van der Waals surface area contributed by atoms with Crippen LogP contribution in [0.1, 0.15) is 84.5 Å². The Kier molecular flexibility index (Phi) is 7.96. The Morgan fingerprint density at radius 2 is 1.68 bits per heavy atom. The Balaban J connectivity index is 1.49. The van der Waals surface area contributed by atoms with E-state index in [1.165, 1.54) is 17.8 Å². The van der Waals surface area contributed by atoms with Crippen LogP contribution in [0, 0.1) is 6.92 Å². The molecule has 6 heteroatoms. The summed E-state index contributed by atoms with van der Waals surface area (Å²) in [6, 6.07) is 19.7. The SMILES string of the molecule is Cc1ccccc1[C@H](CC(=O)c1ccc(=O)[nH]c1)c1ccc(C2CCN(C(=O)OC(C)(C)C)CC2)cc1. The minimum Gasteiger partial charge on any atom is -0.444 e. The predicted molar refractivity (Wildman–Crippen MR) is 145 cm³/mol. The first-order valence-corrected chi connectivity index (χ1v) is 13.0. The number of pyridine rings is 1. The minimum atomic E-state index is -0.490. The highest BCUT2D eigenvalue weighted by atomic mass is 16.6. The van der Waals surface area contributed by atoms with Crippen LogP contribution in [0.2, 0.25) is 0 Å². The van der Waals surface area contributed by atoms with Crippen LogP contribution in [0.3, 0.4) is 0 Å². The highest BCUT2D eigenvalue weighted by Gasteiger charge is 2.28. The van der Waals surface area contributed by atoms with Gasteiger partial charge in [0.25, 0.3) is 0 Å². The average molecular weight is 501 g/mol. The lowest BCUT2D eigenvalue weighted by molar-refractivity contribution is 0.0204. The van der Waals surface area contributed by atoms with Gasteiger partial charge >= 0.3 is 6.09 Å². The first-order valence-electron chi connectivity index (χ1n) is 13.0. The molecule has 2 heterocycles. The fourth-order valence-corrected chi connectivity index (χ4v) is 4.99. The number of ether oxygens (including phenoxy) is 1. The van der Waals surface area contributed by atoms with Gasteiger partial charge in [0.05, 0.1) is 0 Å². The van der Waals surface area contributed by atoms with Gasteiger partial charge in [-0.3, -0.25) is 9.59 Å². The van der Waals surface area contributed by atoms with Crippen molar-refractivity contribution < 1.29 is 14.3 Å². The van der Waals surface area contributed by atoms with Crippen molar-refractivity contribution in [1.29, 1.82) is 0 Å². The van der Waals surface area contributed by atoms with Gasteiger partial charge in [0.2, 0.25) is 5.56 Å². The van der Waals surface area contributed by atoms with Gasteiger partial charge < -0.3 is 14.6 Å². The van der Waals surface area contributed by atoms with E-state index in [1.54, 1.807) is 11.0 Å². The summed E-state index contributed by atoms with van der Waals surface area (Å²) in [5.74, 6) is 0.277. The molecule has 1 aliphatic rings. The van der Waals surface area contributed by atoms with Crippen molar-refractivity contribution in [3.8, 4) is 0 Å². The molecule has 4 rings (SSSR count). The lowest BCUT2D eigenvalue weighted by Gasteiger charge is -2.33. The Morgan fingerprint density at radius 1 is 1.00 bits per heavy atom. The van der Waals surface area contributed by atoms with Crippen molar-refractivity contribution in [2.75, 3.05) is 13.1 Å². The van der Waals surface area contributed by atoms with Gasteiger partial charge in [-0.25, -0.2) is 4.79 Å². The average Bonchev–Trinajstić information content (AvgIpc) is 2.87. The Hall–Kier alpha value is -3.67. The van der Waals surface area contributed by atoms with Gasteiger partial charge in [-0.1, -0.05) is 48.5 Å². The third-order valence-electron chi connectivity index (χ3n) is 7.02. The number of likely N-dealkylation sites (tertiary alicyclic amines) is 1. The molecule has 1 saturated heterocycles. The van der Waals surface area contributed by atoms with Crippen LogP contribution >= 0.6 is 0 Å². The molecule has 1 aliphatic heterocycles. The van der Waals surface area contributed by atoms with E-state index >= 15 is 0 Å². The van der Waals surface area contributed by atoms with Crippen LogP contribution in [0.4, 0.5) is 4.79 Å². The summed E-state index contributed by atoms with van der Waals surface area (Å²) in [7, 11) is 0. The number of ketones is 1. The lowest BCUT2D eigenvalue weighted by atomic mass is 9.82. The molecule has 0 aliphatic carbocycles. The van der Waals surface area contributed by atoms with Crippen molar-refractivity contribution in [3.05, 3.63) is 105 Å². The third kappa shape index (κ3) is 6.76. The van der Waals surface area contributed by atoms with E-state index in [0.29, 0.717) is 31.0 Å². The number of H-pyrrole nitrogens is 1. The zero-order chi connectivity index (χ0) is 26.6. The maximum atomic E-state index is 13.1. The van der Waals surface area contributed by atoms with E-state index in [-0.39, 0.29) is 23.4 Å². The number of nitrogens with zero attached hydrogens (tertiary/aromatic N) is 1. The number of aromatic amines is 1. The molecule has 1 fully saturated rings. The molecule has 3 aromatic rings. The zero-order valence-electron chi connectivity index (χ0n) is 22.1. The zero-order valence-corrected chi connectivity index (χ0v) is 22.1. The molecule has 0 bridgehead atoms.